The minimum Gasteiger partial charge on any atom is -0.492 e. The normalized spacial score (nSPS) is 16.5. The lowest BCUT2D eigenvalue weighted by molar-refractivity contribution is 0.105. The number of hydrogen-bond acceptors (Lipinski definition) is 5. The third-order valence-electron chi connectivity index (χ3n) is 4.58. The first-order valence-electron chi connectivity index (χ1n) is 8.68. The number of piperazine rings is 1. The van der Waals surface area contributed by atoms with Gasteiger partial charge in [0.2, 0.25) is 0 Å². The molecule has 0 spiro atoms. The Labute approximate surface area is 144 Å². The van der Waals surface area contributed by atoms with Crippen LogP contribution in [0.5, 0.6) is 5.75 Å². The smallest absolute Gasteiger partial charge is 0.150 e. The third-order valence-corrected chi connectivity index (χ3v) is 4.58. The van der Waals surface area contributed by atoms with Gasteiger partial charge in [-0.2, -0.15) is 0 Å². The van der Waals surface area contributed by atoms with Gasteiger partial charge in [-0.15, -0.1) is 0 Å². The summed E-state index contributed by atoms with van der Waals surface area (Å²) in [6, 6.07) is 8.30. The van der Waals surface area contributed by atoms with Gasteiger partial charge in [-0.3, -0.25) is 9.80 Å². The highest BCUT2D eigenvalue weighted by atomic mass is 16.5. The lowest BCUT2D eigenvalue weighted by Gasteiger charge is -2.34. The molecule has 2 heterocycles. The molecule has 5 heteroatoms. The van der Waals surface area contributed by atoms with Gasteiger partial charge in [0.25, 0.3) is 0 Å². The maximum Gasteiger partial charge on any atom is 0.150 e. The minimum atomic E-state index is 0.743. The van der Waals surface area contributed by atoms with Crippen molar-refractivity contribution < 1.29 is 9.26 Å². The summed E-state index contributed by atoms with van der Waals surface area (Å²) in [6.07, 6.45) is 0. The third kappa shape index (κ3) is 4.36. The van der Waals surface area contributed by atoms with Crippen molar-refractivity contribution in [3.05, 3.63) is 46.8 Å². The molecule has 0 N–H and O–H groups in total. The second-order valence-corrected chi connectivity index (χ2v) is 6.62. The molecule has 130 valence electrons. The van der Waals surface area contributed by atoms with E-state index < -0.39 is 0 Å². The first kappa shape index (κ1) is 17.0. The van der Waals surface area contributed by atoms with E-state index in [1.807, 2.05) is 13.0 Å². The molecule has 0 bridgehead atoms. The first-order chi connectivity index (χ1) is 11.6. The SMILES string of the molecule is Cc1cc(CN2CCN(CCOc3c(C)cccc3C)CC2)on1. The number of para-hydroxylation sites is 1. The van der Waals surface area contributed by atoms with Crippen LogP contribution in [0, 0.1) is 20.8 Å². The van der Waals surface area contributed by atoms with Crippen LogP contribution in [0.15, 0.2) is 28.8 Å². The van der Waals surface area contributed by atoms with E-state index in [2.05, 4.69) is 47.0 Å². The molecule has 0 amide bonds. The lowest BCUT2D eigenvalue weighted by atomic mass is 10.1. The highest BCUT2D eigenvalue weighted by Gasteiger charge is 2.18. The van der Waals surface area contributed by atoms with E-state index in [1.54, 1.807) is 0 Å². The second-order valence-electron chi connectivity index (χ2n) is 6.62. The van der Waals surface area contributed by atoms with Crippen molar-refractivity contribution in [3.63, 3.8) is 0 Å². The number of benzene rings is 1. The summed E-state index contributed by atoms with van der Waals surface area (Å²) >= 11 is 0. The Morgan fingerprint density at radius 1 is 1.04 bits per heavy atom. The lowest BCUT2D eigenvalue weighted by Crippen LogP contribution is -2.47. The van der Waals surface area contributed by atoms with E-state index in [0.717, 1.165) is 63.1 Å². The van der Waals surface area contributed by atoms with Crippen molar-refractivity contribution >= 4 is 0 Å². The van der Waals surface area contributed by atoms with Crippen LogP contribution in [0.1, 0.15) is 22.6 Å². The van der Waals surface area contributed by atoms with Crippen molar-refractivity contribution in [2.75, 3.05) is 39.3 Å². The Bertz CT molecular complexity index is 640. The molecule has 5 nitrogen and oxygen atoms in total. The molecule has 1 aliphatic heterocycles. The predicted molar refractivity (Wildman–Crippen MR) is 94.4 cm³/mol. The molecule has 1 aliphatic rings. The van der Waals surface area contributed by atoms with E-state index in [0.29, 0.717) is 0 Å². The van der Waals surface area contributed by atoms with Gasteiger partial charge in [0, 0.05) is 38.8 Å². The number of aryl methyl sites for hydroxylation is 3. The molecule has 0 aliphatic carbocycles. The Balaban J connectivity index is 1.39. The minimum absolute atomic E-state index is 0.743. The molecular weight excluding hydrogens is 302 g/mol. The van der Waals surface area contributed by atoms with Crippen molar-refractivity contribution in [2.24, 2.45) is 0 Å². The zero-order chi connectivity index (χ0) is 16.9. The summed E-state index contributed by atoms with van der Waals surface area (Å²) < 4.78 is 11.3. The van der Waals surface area contributed by atoms with Crippen molar-refractivity contribution in [2.45, 2.75) is 27.3 Å². The predicted octanol–water partition coefficient (Wildman–Crippen LogP) is 2.80. The molecular formula is C19H27N3O2. The van der Waals surface area contributed by atoms with Crippen LogP contribution in [0.25, 0.3) is 0 Å². The van der Waals surface area contributed by atoms with E-state index in [9.17, 15) is 0 Å². The van der Waals surface area contributed by atoms with Crippen LogP contribution < -0.4 is 4.74 Å². The van der Waals surface area contributed by atoms with Crippen LogP contribution in [0.4, 0.5) is 0 Å². The molecule has 2 aromatic rings. The van der Waals surface area contributed by atoms with Crippen molar-refractivity contribution in [1.29, 1.82) is 0 Å². The summed E-state index contributed by atoms with van der Waals surface area (Å²) in [4.78, 5) is 4.89. The van der Waals surface area contributed by atoms with E-state index in [4.69, 9.17) is 9.26 Å². The highest BCUT2D eigenvalue weighted by Crippen LogP contribution is 2.22. The van der Waals surface area contributed by atoms with Crippen LogP contribution in [0.3, 0.4) is 0 Å². The van der Waals surface area contributed by atoms with E-state index in [-0.39, 0.29) is 0 Å². The fourth-order valence-corrected chi connectivity index (χ4v) is 3.19. The summed E-state index contributed by atoms with van der Waals surface area (Å²) in [5, 5.41) is 3.95. The fraction of sp³-hybridized carbons (Fsp3) is 0.526. The maximum absolute atomic E-state index is 6.02. The Hall–Kier alpha value is -1.85. The van der Waals surface area contributed by atoms with Gasteiger partial charge >= 0.3 is 0 Å². The fourth-order valence-electron chi connectivity index (χ4n) is 3.19. The number of rotatable bonds is 6. The zero-order valence-corrected chi connectivity index (χ0v) is 14.9. The summed E-state index contributed by atoms with van der Waals surface area (Å²) in [6.45, 7) is 13.0. The second kappa shape index (κ2) is 7.81. The molecule has 0 saturated carbocycles. The van der Waals surface area contributed by atoms with Gasteiger partial charge in [0.1, 0.15) is 12.4 Å². The van der Waals surface area contributed by atoms with Gasteiger partial charge < -0.3 is 9.26 Å². The molecule has 1 fully saturated rings. The van der Waals surface area contributed by atoms with Gasteiger partial charge in [-0.25, -0.2) is 0 Å². The van der Waals surface area contributed by atoms with Gasteiger partial charge in [0.05, 0.1) is 12.2 Å². The number of ether oxygens (including phenoxy) is 1. The van der Waals surface area contributed by atoms with Gasteiger partial charge in [-0.1, -0.05) is 23.4 Å². The largest absolute Gasteiger partial charge is 0.492 e. The summed E-state index contributed by atoms with van der Waals surface area (Å²) in [5.41, 5.74) is 3.37. The standard InChI is InChI=1S/C19H27N3O2/c1-15-5-4-6-16(2)19(15)23-12-11-21-7-9-22(10-8-21)14-18-13-17(3)20-24-18/h4-6,13H,7-12,14H2,1-3H3. The monoisotopic (exact) mass is 329 g/mol. The van der Waals surface area contributed by atoms with Crippen LogP contribution >= 0.6 is 0 Å². The molecule has 0 atom stereocenters. The van der Waals surface area contributed by atoms with E-state index in [1.165, 1.54) is 11.1 Å². The Kier molecular flexibility index (Phi) is 5.53. The van der Waals surface area contributed by atoms with Crippen molar-refractivity contribution in [1.82, 2.24) is 15.0 Å². The number of nitrogens with zero attached hydrogens (tertiary/aromatic N) is 3. The molecule has 24 heavy (non-hydrogen) atoms. The van der Waals surface area contributed by atoms with Crippen LogP contribution in [-0.4, -0.2) is 54.3 Å². The summed E-state index contributed by atoms with van der Waals surface area (Å²) in [7, 11) is 0. The topological polar surface area (TPSA) is 41.7 Å². The van der Waals surface area contributed by atoms with Crippen molar-refractivity contribution in [3.8, 4) is 5.75 Å². The quantitative estimate of drug-likeness (QED) is 0.815. The molecule has 1 saturated heterocycles. The van der Waals surface area contributed by atoms with Gasteiger partial charge in [0.15, 0.2) is 5.76 Å². The van der Waals surface area contributed by atoms with Crippen LogP contribution in [-0.2, 0) is 6.54 Å². The van der Waals surface area contributed by atoms with Crippen LogP contribution in [0.2, 0.25) is 0 Å². The molecule has 1 aromatic heterocycles. The number of aromatic nitrogens is 1. The highest BCUT2D eigenvalue weighted by molar-refractivity contribution is 5.39. The number of hydrogen-bond donors (Lipinski definition) is 0. The molecule has 0 unspecified atom stereocenters. The average molecular weight is 329 g/mol. The zero-order valence-electron chi connectivity index (χ0n) is 14.9. The first-order valence-corrected chi connectivity index (χ1v) is 8.68. The van der Waals surface area contributed by atoms with Gasteiger partial charge in [-0.05, 0) is 31.9 Å². The molecule has 0 radical (unpaired) electrons. The molecule has 3 rings (SSSR count). The maximum atomic E-state index is 6.02. The Morgan fingerprint density at radius 3 is 2.33 bits per heavy atom. The Morgan fingerprint density at radius 2 is 1.71 bits per heavy atom. The average Bonchev–Trinajstić information content (AvgIpc) is 2.97. The molecule has 1 aromatic carbocycles. The summed E-state index contributed by atoms with van der Waals surface area (Å²) in [5.74, 6) is 2.00. The van der Waals surface area contributed by atoms with E-state index >= 15 is 0 Å².